The molecule has 1 aromatic heterocycles. The van der Waals surface area contributed by atoms with E-state index in [0.29, 0.717) is 33.5 Å². The number of hydrogen-bond acceptors (Lipinski definition) is 4. The Balaban J connectivity index is 1.85. The molecule has 3 aromatic carbocycles. The zero-order valence-corrected chi connectivity index (χ0v) is 19.1. The number of nitrogens with zero attached hydrogens (tertiary/aromatic N) is 1. The molecule has 32 heavy (non-hydrogen) atoms. The zero-order valence-electron chi connectivity index (χ0n) is 18.3. The predicted molar refractivity (Wildman–Crippen MR) is 129 cm³/mol. The number of halogens is 1. The van der Waals surface area contributed by atoms with Crippen LogP contribution < -0.4 is 14.8 Å². The van der Waals surface area contributed by atoms with Crippen LogP contribution in [-0.2, 0) is 0 Å². The van der Waals surface area contributed by atoms with Gasteiger partial charge in [0.15, 0.2) is 0 Å². The molecule has 0 spiro atoms. The average molecular weight is 447 g/mol. The first-order valence-corrected chi connectivity index (χ1v) is 10.5. The van der Waals surface area contributed by atoms with E-state index in [2.05, 4.69) is 11.4 Å². The van der Waals surface area contributed by atoms with E-state index < -0.39 is 0 Å². The van der Waals surface area contributed by atoms with E-state index in [1.165, 1.54) is 0 Å². The fourth-order valence-corrected chi connectivity index (χ4v) is 3.85. The Morgan fingerprint density at radius 3 is 2.38 bits per heavy atom. The summed E-state index contributed by atoms with van der Waals surface area (Å²) in [5.74, 6) is 0.910. The number of anilines is 1. The van der Waals surface area contributed by atoms with Gasteiger partial charge in [-0.2, -0.15) is 0 Å². The second-order valence-electron chi connectivity index (χ2n) is 7.56. The SMILES string of the molecule is COc1ccc(NC(=O)c2cc(-c3ccc(Cl)cc3)nc3c(C)cc(C)cc23)c(OC)c1. The fourth-order valence-electron chi connectivity index (χ4n) is 3.73. The van der Waals surface area contributed by atoms with Gasteiger partial charge >= 0.3 is 0 Å². The minimum absolute atomic E-state index is 0.249. The lowest BCUT2D eigenvalue weighted by Gasteiger charge is -2.15. The molecule has 162 valence electrons. The summed E-state index contributed by atoms with van der Waals surface area (Å²) in [7, 11) is 3.14. The van der Waals surface area contributed by atoms with Gasteiger partial charge in [-0.25, -0.2) is 4.98 Å². The van der Waals surface area contributed by atoms with Gasteiger partial charge in [0, 0.05) is 22.0 Å². The van der Waals surface area contributed by atoms with Crippen molar-refractivity contribution in [1.82, 2.24) is 4.98 Å². The van der Waals surface area contributed by atoms with E-state index in [1.54, 1.807) is 32.4 Å². The van der Waals surface area contributed by atoms with E-state index in [4.69, 9.17) is 26.1 Å². The van der Waals surface area contributed by atoms with Crippen molar-refractivity contribution in [2.24, 2.45) is 0 Å². The fraction of sp³-hybridized carbons (Fsp3) is 0.154. The average Bonchev–Trinajstić information content (AvgIpc) is 2.79. The topological polar surface area (TPSA) is 60.5 Å². The standard InChI is InChI=1S/C26H23ClN2O3/c1-15-11-16(2)25-20(12-15)21(14-23(28-25)17-5-7-18(27)8-6-17)26(30)29-22-10-9-19(31-3)13-24(22)32-4/h5-14H,1-4H3,(H,29,30). The maximum Gasteiger partial charge on any atom is 0.256 e. The number of methoxy groups -OCH3 is 2. The summed E-state index contributed by atoms with van der Waals surface area (Å²) in [6.45, 7) is 4.01. The predicted octanol–water partition coefficient (Wildman–Crippen LogP) is 6.44. The van der Waals surface area contributed by atoms with Crippen molar-refractivity contribution in [1.29, 1.82) is 0 Å². The summed E-state index contributed by atoms with van der Waals surface area (Å²) in [6, 6.07) is 18.5. The molecule has 5 nitrogen and oxygen atoms in total. The number of rotatable bonds is 5. The summed E-state index contributed by atoms with van der Waals surface area (Å²) in [6.07, 6.45) is 0. The second kappa shape index (κ2) is 8.89. The van der Waals surface area contributed by atoms with Crippen LogP contribution in [-0.4, -0.2) is 25.1 Å². The number of carbonyl (C=O) groups is 1. The third kappa shape index (κ3) is 4.25. The highest BCUT2D eigenvalue weighted by Crippen LogP contribution is 2.32. The van der Waals surface area contributed by atoms with Gasteiger partial charge in [0.05, 0.1) is 36.7 Å². The summed E-state index contributed by atoms with van der Waals surface area (Å²) in [5.41, 5.74) is 5.53. The molecule has 4 aromatic rings. The zero-order chi connectivity index (χ0) is 22.8. The van der Waals surface area contributed by atoms with Gasteiger partial charge in [-0.3, -0.25) is 4.79 Å². The first-order chi connectivity index (χ1) is 15.4. The van der Waals surface area contributed by atoms with Gasteiger partial charge in [-0.15, -0.1) is 0 Å². The normalized spacial score (nSPS) is 10.8. The van der Waals surface area contributed by atoms with Crippen LogP contribution in [0.1, 0.15) is 21.5 Å². The van der Waals surface area contributed by atoms with Crippen molar-refractivity contribution in [3.8, 4) is 22.8 Å². The van der Waals surface area contributed by atoms with Crippen molar-refractivity contribution in [3.05, 3.63) is 82.4 Å². The number of benzene rings is 3. The van der Waals surface area contributed by atoms with E-state index in [1.807, 2.05) is 50.2 Å². The van der Waals surface area contributed by atoms with Crippen LogP contribution in [0.3, 0.4) is 0 Å². The van der Waals surface area contributed by atoms with Crippen molar-refractivity contribution < 1.29 is 14.3 Å². The number of carbonyl (C=O) groups excluding carboxylic acids is 1. The Bertz CT molecular complexity index is 1320. The Kier molecular flexibility index (Phi) is 6.01. The van der Waals surface area contributed by atoms with E-state index in [-0.39, 0.29) is 5.91 Å². The van der Waals surface area contributed by atoms with Crippen LogP contribution >= 0.6 is 11.6 Å². The molecule has 0 saturated heterocycles. The molecule has 0 bridgehead atoms. The van der Waals surface area contributed by atoms with Crippen molar-refractivity contribution in [2.75, 3.05) is 19.5 Å². The first kappa shape index (κ1) is 21.7. The van der Waals surface area contributed by atoms with E-state index in [9.17, 15) is 4.79 Å². The summed E-state index contributed by atoms with van der Waals surface area (Å²) >= 11 is 6.05. The molecule has 1 heterocycles. The summed E-state index contributed by atoms with van der Waals surface area (Å²) < 4.78 is 10.7. The Labute approximate surface area is 192 Å². The monoisotopic (exact) mass is 446 g/mol. The molecule has 4 rings (SSSR count). The Hall–Kier alpha value is -3.57. The Morgan fingerprint density at radius 1 is 0.938 bits per heavy atom. The number of nitrogens with one attached hydrogen (secondary N) is 1. The highest BCUT2D eigenvalue weighted by atomic mass is 35.5. The molecule has 0 aliphatic heterocycles. The van der Waals surface area contributed by atoms with Crippen molar-refractivity contribution in [2.45, 2.75) is 13.8 Å². The van der Waals surface area contributed by atoms with Crippen LogP contribution in [0, 0.1) is 13.8 Å². The number of ether oxygens (including phenoxy) is 2. The Morgan fingerprint density at radius 2 is 1.69 bits per heavy atom. The van der Waals surface area contributed by atoms with Crippen LogP contribution in [0.5, 0.6) is 11.5 Å². The van der Waals surface area contributed by atoms with Gasteiger partial charge < -0.3 is 14.8 Å². The third-order valence-electron chi connectivity index (χ3n) is 5.29. The molecule has 6 heteroatoms. The summed E-state index contributed by atoms with van der Waals surface area (Å²) in [5, 5.41) is 4.42. The van der Waals surface area contributed by atoms with Gasteiger partial charge in [0.1, 0.15) is 11.5 Å². The lowest BCUT2D eigenvalue weighted by atomic mass is 9.99. The van der Waals surface area contributed by atoms with Crippen molar-refractivity contribution >= 4 is 34.1 Å². The molecular formula is C26H23ClN2O3. The van der Waals surface area contributed by atoms with Gasteiger partial charge in [-0.05, 0) is 55.8 Å². The molecule has 0 fully saturated rings. The van der Waals surface area contributed by atoms with Gasteiger partial charge in [0.25, 0.3) is 5.91 Å². The van der Waals surface area contributed by atoms with Crippen molar-refractivity contribution in [3.63, 3.8) is 0 Å². The number of fused-ring (bicyclic) bond motifs is 1. The minimum atomic E-state index is -0.249. The summed E-state index contributed by atoms with van der Waals surface area (Å²) in [4.78, 5) is 18.3. The van der Waals surface area contributed by atoms with Crippen LogP contribution in [0.4, 0.5) is 5.69 Å². The molecular weight excluding hydrogens is 424 g/mol. The lowest BCUT2D eigenvalue weighted by Crippen LogP contribution is -2.14. The third-order valence-corrected chi connectivity index (χ3v) is 5.54. The van der Waals surface area contributed by atoms with Gasteiger partial charge in [-0.1, -0.05) is 35.4 Å². The quantitative estimate of drug-likeness (QED) is 0.383. The molecule has 0 unspecified atom stereocenters. The molecule has 0 saturated carbocycles. The molecule has 0 aliphatic carbocycles. The first-order valence-electron chi connectivity index (χ1n) is 10.1. The number of amides is 1. The largest absolute Gasteiger partial charge is 0.497 e. The number of aryl methyl sites for hydroxylation is 2. The maximum absolute atomic E-state index is 13.5. The highest BCUT2D eigenvalue weighted by molar-refractivity contribution is 6.30. The minimum Gasteiger partial charge on any atom is -0.497 e. The van der Waals surface area contributed by atoms with Gasteiger partial charge in [0.2, 0.25) is 0 Å². The molecule has 1 N–H and O–H groups in total. The lowest BCUT2D eigenvalue weighted by molar-refractivity contribution is 0.102. The van der Waals surface area contributed by atoms with Crippen LogP contribution in [0.25, 0.3) is 22.2 Å². The molecule has 0 atom stereocenters. The van der Waals surface area contributed by atoms with E-state index in [0.717, 1.165) is 27.6 Å². The number of hydrogen-bond donors (Lipinski definition) is 1. The molecule has 0 aliphatic rings. The molecule has 1 amide bonds. The number of aromatic nitrogens is 1. The molecule has 0 radical (unpaired) electrons. The number of pyridine rings is 1. The highest BCUT2D eigenvalue weighted by Gasteiger charge is 2.18. The second-order valence-corrected chi connectivity index (χ2v) is 8.00. The van der Waals surface area contributed by atoms with Crippen LogP contribution in [0.2, 0.25) is 5.02 Å². The maximum atomic E-state index is 13.5. The smallest absolute Gasteiger partial charge is 0.256 e. The van der Waals surface area contributed by atoms with Crippen LogP contribution in [0.15, 0.2) is 60.7 Å². The van der Waals surface area contributed by atoms with E-state index >= 15 is 0 Å².